The molecule has 1 fully saturated rings. The Morgan fingerprint density at radius 2 is 2.07 bits per heavy atom. The van der Waals surface area contributed by atoms with E-state index in [4.69, 9.17) is 5.73 Å². The third-order valence-corrected chi connectivity index (χ3v) is 4.57. The quantitative estimate of drug-likeness (QED) is 0.748. The third kappa shape index (κ3) is 3.21. The van der Waals surface area contributed by atoms with E-state index in [1.807, 2.05) is 0 Å². The van der Waals surface area contributed by atoms with Gasteiger partial charge in [-0.3, -0.25) is 0 Å². The zero-order valence-electron chi connectivity index (χ0n) is 11.1. The molecule has 15 heavy (non-hydrogen) atoms. The summed E-state index contributed by atoms with van der Waals surface area (Å²) in [7, 11) is 0. The topological polar surface area (TPSA) is 26.0 Å². The van der Waals surface area contributed by atoms with Crippen LogP contribution in [0.3, 0.4) is 0 Å². The summed E-state index contributed by atoms with van der Waals surface area (Å²) in [5.74, 6) is 2.32. The summed E-state index contributed by atoms with van der Waals surface area (Å²) in [5, 5.41) is 0. The van der Waals surface area contributed by atoms with Gasteiger partial charge in [0, 0.05) is 5.54 Å². The van der Waals surface area contributed by atoms with Crippen molar-refractivity contribution in [2.24, 2.45) is 23.5 Å². The fourth-order valence-corrected chi connectivity index (χ4v) is 3.33. The first-order chi connectivity index (χ1) is 6.99. The number of rotatable bonds is 4. The van der Waals surface area contributed by atoms with Crippen LogP contribution in [0.4, 0.5) is 0 Å². The largest absolute Gasteiger partial charge is 0.325 e. The molecule has 90 valence electrons. The normalized spacial score (nSPS) is 39.0. The average Bonchev–Trinajstić information content (AvgIpc) is 2.14. The molecule has 1 aliphatic carbocycles. The molecule has 2 N–H and O–H groups in total. The summed E-state index contributed by atoms with van der Waals surface area (Å²) in [5.41, 5.74) is 6.76. The first-order valence-electron chi connectivity index (χ1n) is 6.78. The molecule has 1 heteroatoms. The van der Waals surface area contributed by atoms with E-state index in [0.717, 1.165) is 11.8 Å². The van der Waals surface area contributed by atoms with Crippen molar-refractivity contribution in [1.29, 1.82) is 0 Å². The Bertz CT molecular complexity index is 190. The lowest BCUT2D eigenvalue weighted by atomic mass is 9.65. The fraction of sp³-hybridized carbons (Fsp3) is 1.00. The van der Waals surface area contributed by atoms with Crippen molar-refractivity contribution in [2.45, 2.75) is 71.8 Å². The van der Waals surface area contributed by atoms with Gasteiger partial charge in [-0.05, 0) is 30.6 Å². The molecule has 0 aromatic carbocycles. The average molecular weight is 211 g/mol. The molecule has 0 radical (unpaired) electrons. The second kappa shape index (κ2) is 5.34. The van der Waals surface area contributed by atoms with Gasteiger partial charge in [0.05, 0.1) is 0 Å². The molecule has 1 rings (SSSR count). The Hall–Kier alpha value is -0.0400. The molecule has 0 aromatic heterocycles. The molecule has 1 aliphatic rings. The highest BCUT2D eigenvalue weighted by atomic mass is 14.8. The minimum atomic E-state index is 0.131. The van der Waals surface area contributed by atoms with E-state index >= 15 is 0 Å². The van der Waals surface area contributed by atoms with E-state index in [2.05, 4.69) is 27.7 Å². The predicted octanol–water partition coefficient (Wildman–Crippen LogP) is 3.97. The molecule has 0 spiro atoms. The summed E-state index contributed by atoms with van der Waals surface area (Å²) in [6.45, 7) is 9.37. The number of hydrogen-bond acceptors (Lipinski definition) is 1. The van der Waals surface area contributed by atoms with Crippen LogP contribution in [0.25, 0.3) is 0 Å². The van der Waals surface area contributed by atoms with Gasteiger partial charge in [-0.25, -0.2) is 0 Å². The molecule has 4 atom stereocenters. The zero-order chi connectivity index (χ0) is 11.5. The van der Waals surface area contributed by atoms with Crippen LogP contribution >= 0.6 is 0 Å². The van der Waals surface area contributed by atoms with E-state index in [1.54, 1.807) is 0 Å². The lowest BCUT2D eigenvalue weighted by molar-refractivity contribution is 0.117. The van der Waals surface area contributed by atoms with E-state index in [9.17, 15) is 0 Å². The van der Waals surface area contributed by atoms with Crippen LogP contribution in [0.5, 0.6) is 0 Å². The minimum absolute atomic E-state index is 0.131. The van der Waals surface area contributed by atoms with Gasteiger partial charge in [0.1, 0.15) is 0 Å². The van der Waals surface area contributed by atoms with Gasteiger partial charge < -0.3 is 5.73 Å². The summed E-state index contributed by atoms with van der Waals surface area (Å²) < 4.78 is 0. The molecular weight excluding hydrogens is 182 g/mol. The molecule has 4 unspecified atom stereocenters. The van der Waals surface area contributed by atoms with Gasteiger partial charge in [-0.1, -0.05) is 53.4 Å². The molecule has 0 bridgehead atoms. The van der Waals surface area contributed by atoms with Crippen molar-refractivity contribution in [1.82, 2.24) is 0 Å². The van der Waals surface area contributed by atoms with Crippen LogP contribution in [0.15, 0.2) is 0 Å². The van der Waals surface area contributed by atoms with Gasteiger partial charge >= 0.3 is 0 Å². The maximum absolute atomic E-state index is 6.62. The SMILES string of the molecule is CCCC(C)CC1(N)CCCC(C)C1C. The van der Waals surface area contributed by atoms with Crippen LogP contribution in [0.2, 0.25) is 0 Å². The zero-order valence-corrected chi connectivity index (χ0v) is 11.1. The molecule has 1 nitrogen and oxygen atoms in total. The van der Waals surface area contributed by atoms with E-state index < -0.39 is 0 Å². The molecule has 0 aromatic rings. The monoisotopic (exact) mass is 211 g/mol. The Kier molecular flexibility index (Phi) is 4.64. The van der Waals surface area contributed by atoms with Gasteiger partial charge in [-0.15, -0.1) is 0 Å². The lowest BCUT2D eigenvalue weighted by Crippen LogP contribution is -2.51. The maximum atomic E-state index is 6.62. The Labute approximate surface area is 95.8 Å². The van der Waals surface area contributed by atoms with Crippen LogP contribution in [-0.4, -0.2) is 5.54 Å². The summed E-state index contributed by atoms with van der Waals surface area (Å²) in [6, 6.07) is 0. The minimum Gasteiger partial charge on any atom is -0.325 e. The molecule has 0 aliphatic heterocycles. The molecule has 1 saturated carbocycles. The molecule has 0 heterocycles. The van der Waals surface area contributed by atoms with E-state index in [0.29, 0.717) is 5.92 Å². The smallest absolute Gasteiger partial charge is 0.0185 e. The van der Waals surface area contributed by atoms with Gasteiger partial charge in [0.25, 0.3) is 0 Å². The standard InChI is InChI=1S/C14H29N/c1-5-7-11(2)10-14(15)9-6-8-12(3)13(14)4/h11-13H,5-10,15H2,1-4H3. The second-order valence-corrected chi connectivity index (χ2v) is 5.99. The van der Waals surface area contributed by atoms with Crippen molar-refractivity contribution in [3.8, 4) is 0 Å². The third-order valence-electron chi connectivity index (χ3n) is 4.57. The lowest BCUT2D eigenvalue weighted by Gasteiger charge is -2.44. The Morgan fingerprint density at radius 3 is 2.67 bits per heavy atom. The summed E-state index contributed by atoms with van der Waals surface area (Å²) in [4.78, 5) is 0. The van der Waals surface area contributed by atoms with E-state index in [1.165, 1.54) is 38.5 Å². The maximum Gasteiger partial charge on any atom is 0.0185 e. The first-order valence-corrected chi connectivity index (χ1v) is 6.78. The van der Waals surface area contributed by atoms with Crippen molar-refractivity contribution in [3.63, 3.8) is 0 Å². The summed E-state index contributed by atoms with van der Waals surface area (Å²) >= 11 is 0. The Balaban J connectivity index is 2.55. The highest BCUT2D eigenvalue weighted by molar-refractivity contribution is 4.95. The molecular formula is C14H29N. The van der Waals surface area contributed by atoms with Crippen LogP contribution < -0.4 is 5.73 Å². The highest BCUT2D eigenvalue weighted by Crippen LogP contribution is 2.40. The fourth-order valence-electron chi connectivity index (χ4n) is 3.33. The highest BCUT2D eigenvalue weighted by Gasteiger charge is 2.38. The molecule has 0 amide bonds. The van der Waals surface area contributed by atoms with Gasteiger partial charge in [0.15, 0.2) is 0 Å². The van der Waals surface area contributed by atoms with Gasteiger partial charge in [-0.2, -0.15) is 0 Å². The van der Waals surface area contributed by atoms with Crippen molar-refractivity contribution in [3.05, 3.63) is 0 Å². The second-order valence-electron chi connectivity index (χ2n) is 5.99. The van der Waals surface area contributed by atoms with E-state index in [-0.39, 0.29) is 5.54 Å². The van der Waals surface area contributed by atoms with Crippen molar-refractivity contribution < 1.29 is 0 Å². The molecule has 0 saturated heterocycles. The number of nitrogens with two attached hydrogens (primary N) is 1. The van der Waals surface area contributed by atoms with Crippen LogP contribution in [-0.2, 0) is 0 Å². The Morgan fingerprint density at radius 1 is 1.40 bits per heavy atom. The number of hydrogen-bond donors (Lipinski definition) is 1. The predicted molar refractivity (Wildman–Crippen MR) is 67.8 cm³/mol. The van der Waals surface area contributed by atoms with Crippen molar-refractivity contribution in [2.75, 3.05) is 0 Å². The van der Waals surface area contributed by atoms with Crippen molar-refractivity contribution >= 4 is 0 Å². The summed E-state index contributed by atoms with van der Waals surface area (Å²) in [6.07, 6.45) is 7.81. The van der Waals surface area contributed by atoms with Gasteiger partial charge in [0.2, 0.25) is 0 Å². The van der Waals surface area contributed by atoms with Crippen LogP contribution in [0.1, 0.15) is 66.2 Å². The first kappa shape index (κ1) is 13.0. The van der Waals surface area contributed by atoms with Crippen LogP contribution in [0, 0.1) is 17.8 Å².